The molecule has 78 valence electrons. The van der Waals surface area contributed by atoms with Gasteiger partial charge in [0, 0.05) is 5.39 Å². The number of halogens is 1. The molecule has 0 aliphatic carbocycles. The van der Waals surface area contributed by atoms with E-state index >= 15 is 0 Å². The molecule has 0 aliphatic heterocycles. The molecule has 0 spiro atoms. The lowest BCUT2D eigenvalue weighted by Gasteiger charge is -2.06. The summed E-state index contributed by atoms with van der Waals surface area (Å²) in [6.45, 7) is 0.672. The van der Waals surface area contributed by atoms with Gasteiger partial charge < -0.3 is 5.73 Å². The second-order valence-corrected chi connectivity index (χ2v) is 3.64. The van der Waals surface area contributed by atoms with Crippen molar-refractivity contribution in [1.29, 1.82) is 0 Å². The Labute approximate surface area is 88.7 Å². The molecule has 0 atom stereocenters. The minimum absolute atomic E-state index is 0.151. The van der Waals surface area contributed by atoms with Gasteiger partial charge in [-0.05, 0) is 36.4 Å². The Morgan fingerprint density at radius 3 is 2.53 bits per heavy atom. The zero-order valence-electron chi connectivity index (χ0n) is 8.54. The van der Waals surface area contributed by atoms with Crippen molar-refractivity contribution in [1.82, 2.24) is 0 Å². The van der Waals surface area contributed by atoms with Crippen molar-refractivity contribution in [2.75, 3.05) is 6.54 Å². The predicted octanol–water partition coefficient (Wildman–Crippen LogP) is 2.87. The van der Waals surface area contributed by atoms with E-state index in [2.05, 4.69) is 0 Å². The Morgan fingerprint density at radius 1 is 1.00 bits per heavy atom. The topological polar surface area (TPSA) is 26.0 Å². The van der Waals surface area contributed by atoms with Gasteiger partial charge in [-0.15, -0.1) is 0 Å². The van der Waals surface area contributed by atoms with Crippen molar-refractivity contribution in [3.63, 3.8) is 0 Å². The number of fused-ring (bicyclic) bond motifs is 1. The largest absolute Gasteiger partial charge is 0.330 e. The van der Waals surface area contributed by atoms with Gasteiger partial charge in [-0.1, -0.05) is 30.3 Å². The van der Waals surface area contributed by atoms with E-state index < -0.39 is 0 Å². The van der Waals surface area contributed by atoms with E-state index in [9.17, 15) is 4.39 Å². The summed E-state index contributed by atoms with van der Waals surface area (Å²) in [6.07, 6.45) is 1.85. The van der Waals surface area contributed by atoms with Crippen LogP contribution in [0.15, 0.2) is 36.4 Å². The first kappa shape index (κ1) is 10.1. The summed E-state index contributed by atoms with van der Waals surface area (Å²) < 4.78 is 13.5. The average Bonchev–Trinajstić information content (AvgIpc) is 2.27. The zero-order chi connectivity index (χ0) is 10.7. The van der Waals surface area contributed by atoms with Gasteiger partial charge in [0.15, 0.2) is 0 Å². The number of hydrogen-bond acceptors (Lipinski definition) is 1. The molecule has 2 heteroatoms. The minimum Gasteiger partial charge on any atom is -0.330 e. The van der Waals surface area contributed by atoms with E-state index in [1.165, 1.54) is 11.6 Å². The van der Waals surface area contributed by atoms with E-state index in [0.29, 0.717) is 11.9 Å². The molecule has 0 aliphatic rings. The number of hydrogen-bond donors (Lipinski definition) is 1. The Morgan fingerprint density at radius 2 is 1.73 bits per heavy atom. The van der Waals surface area contributed by atoms with Gasteiger partial charge in [0.25, 0.3) is 0 Å². The van der Waals surface area contributed by atoms with Crippen LogP contribution in [0.5, 0.6) is 0 Å². The van der Waals surface area contributed by atoms with Gasteiger partial charge in [0.2, 0.25) is 0 Å². The Kier molecular flexibility index (Phi) is 2.97. The quantitative estimate of drug-likeness (QED) is 0.815. The van der Waals surface area contributed by atoms with Crippen LogP contribution in [0, 0.1) is 5.82 Å². The molecule has 0 saturated carbocycles. The number of aryl methyl sites for hydroxylation is 1. The molecule has 0 unspecified atom stereocenters. The average molecular weight is 203 g/mol. The fraction of sp³-hybridized carbons (Fsp3) is 0.231. The van der Waals surface area contributed by atoms with Crippen molar-refractivity contribution >= 4 is 10.8 Å². The molecular formula is C13H14FN. The lowest BCUT2D eigenvalue weighted by molar-refractivity contribution is 0.639. The van der Waals surface area contributed by atoms with Crippen molar-refractivity contribution in [2.45, 2.75) is 12.8 Å². The normalized spacial score (nSPS) is 10.8. The molecule has 2 aromatic rings. The van der Waals surface area contributed by atoms with Crippen molar-refractivity contribution in [2.24, 2.45) is 5.73 Å². The molecular weight excluding hydrogens is 189 g/mol. The van der Waals surface area contributed by atoms with Crippen LogP contribution in [-0.2, 0) is 6.42 Å². The van der Waals surface area contributed by atoms with Crippen molar-refractivity contribution < 1.29 is 4.39 Å². The second kappa shape index (κ2) is 4.41. The van der Waals surface area contributed by atoms with Gasteiger partial charge in [0.1, 0.15) is 5.82 Å². The Bertz CT molecular complexity index is 465. The molecule has 0 aromatic heterocycles. The molecule has 2 N–H and O–H groups in total. The smallest absolute Gasteiger partial charge is 0.131 e. The lowest BCUT2D eigenvalue weighted by atomic mass is 10.0. The first-order valence-corrected chi connectivity index (χ1v) is 5.19. The first-order chi connectivity index (χ1) is 7.33. The van der Waals surface area contributed by atoms with E-state index in [0.717, 1.165) is 18.2 Å². The molecule has 2 rings (SSSR count). The van der Waals surface area contributed by atoms with Crippen LogP contribution >= 0.6 is 0 Å². The zero-order valence-corrected chi connectivity index (χ0v) is 8.54. The molecule has 0 fully saturated rings. The maximum Gasteiger partial charge on any atom is 0.131 e. The lowest BCUT2D eigenvalue weighted by Crippen LogP contribution is -2.00. The summed E-state index contributed by atoms with van der Waals surface area (Å²) in [5.74, 6) is -0.151. The third-order valence-corrected chi connectivity index (χ3v) is 2.61. The summed E-state index contributed by atoms with van der Waals surface area (Å²) in [4.78, 5) is 0. The second-order valence-electron chi connectivity index (χ2n) is 3.64. The predicted molar refractivity (Wildman–Crippen MR) is 61.3 cm³/mol. The highest BCUT2D eigenvalue weighted by Crippen LogP contribution is 2.22. The summed E-state index contributed by atoms with van der Waals surface area (Å²) >= 11 is 0. The molecule has 2 aromatic carbocycles. The maximum atomic E-state index is 13.5. The SMILES string of the molecule is NCCCc1cccc2c(F)cccc12. The Balaban J connectivity index is 2.51. The van der Waals surface area contributed by atoms with Gasteiger partial charge in [-0.3, -0.25) is 0 Å². The highest BCUT2D eigenvalue weighted by molar-refractivity contribution is 5.86. The van der Waals surface area contributed by atoms with Crippen LogP contribution in [0.1, 0.15) is 12.0 Å². The standard InChI is InChI=1S/C13H14FN/c14-13-8-2-6-11-10(5-3-9-15)4-1-7-12(11)13/h1-2,4,6-8H,3,5,9,15H2. The molecule has 1 nitrogen and oxygen atoms in total. The third kappa shape index (κ3) is 2.00. The van der Waals surface area contributed by atoms with E-state index in [1.54, 1.807) is 6.07 Å². The fourth-order valence-corrected chi connectivity index (χ4v) is 1.85. The summed E-state index contributed by atoms with van der Waals surface area (Å²) in [5, 5.41) is 1.71. The molecule has 0 radical (unpaired) electrons. The van der Waals surface area contributed by atoms with Gasteiger partial charge >= 0.3 is 0 Å². The van der Waals surface area contributed by atoms with Gasteiger partial charge in [-0.2, -0.15) is 0 Å². The summed E-state index contributed by atoms with van der Waals surface area (Å²) in [5.41, 5.74) is 6.65. The highest BCUT2D eigenvalue weighted by Gasteiger charge is 2.03. The van der Waals surface area contributed by atoms with Gasteiger partial charge in [0.05, 0.1) is 0 Å². The fourth-order valence-electron chi connectivity index (χ4n) is 1.85. The number of nitrogens with two attached hydrogens (primary N) is 1. The number of rotatable bonds is 3. The van der Waals surface area contributed by atoms with E-state index in [4.69, 9.17) is 5.73 Å². The molecule has 0 saturated heterocycles. The van der Waals surface area contributed by atoms with E-state index in [-0.39, 0.29) is 5.82 Å². The first-order valence-electron chi connectivity index (χ1n) is 5.19. The summed E-state index contributed by atoms with van der Waals surface area (Å²) in [7, 11) is 0. The molecule has 15 heavy (non-hydrogen) atoms. The van der Waals surface area contributed by atoms with Gasteiger partial charge in [-0.25, -0.2) is 4.39 Å². The van der Waals surface area contributed by atoms with Crippen LogP contribution in [0.4, 0.5) is 4.39 Å². The van der Waals surface area contributed by atoms with E-state index in [1.807, 2.05) is 24.3 Å². The van der Waals surface area contributed by atoms with Crippen LogP contribution < -0.4 is 5.73 Å². The van der Waals surface area contributed by atoms with Crippen molar-refractivity contribution in [3.8, 4) is 0 Å². The summed E-state index contributed by atoms with van der Waals surface area (Å²) in [6, 6.07) is 11.0. The maximum absolute atomic E-state index is 13.5. The molecule has 0 heterocycles. The monoisotopic (exact) mass is 203 g/mol. The highest BCUT2D eigenvalue weighted by atomic mass is 19.1. The third-order valence-electron chi connectivity index (χ3n) is 2.61. The molecule has 0 amide bonds. The van der Waals surface area contributed by atoms with Crippen LogP contribution in [0.3, 0.4) is 0 Å². The van der Waals surface area contributed by atoms with Crippen LogP contribution in [0.2, 0.25) is 0 Å². The van der Waals surface area contributed by atoms with Crippen LogP contribution in [0.25, 0.3) is 10.8 Å². The van der Waals surface area contributed by atoms with Crippen LogP contribution in [-0.4, -0.2) is 6.54 Å². The van der Waals surface area contributed by atoms with Crippen molar-refractivity contribution in [3.05, 3.63) is 47.8 Å². The Hall–Kier alpha value is -1.41. The molecule has 0 bridgehead atoms. The number of benzene rings is 2. The minimum atomic E-state index is -0.151.